The summed E-state index contributed by atoms with van der Waals surface area (Å²) < 4.78 is 0. The van der Waals surface area contributed by atoms with Crippen molar-refractivity contribution in [1.82, 2.24) is 0 Å². The predicted octanol–water partition coefficient (Wildman–Crippen LogP) is 4.90. The first-order valence-corrected chi connectivity index (χ1v) is 6.84. The molecule has 0 fully saturated rings. The van der Waals surface area contributed by atoms with E-state index >= 15 is 0 Å². The fourth-order valence-corrected chi connectivity index (χ4v) is 2.29. The molecule has 0 aliphatic carbocycles. The predicted molar refractivity (Wildman–Crippen MR) is 87.3 cm³/mol. The van der Waals surface area contributed by atoms with Gasteiger partial charge >= 0.3 is 0 Å². The maximum Gasteiger partial charge on any atom is 0.167 e. The summed E-state index contributed by atoms with van der Waals surface area (Å²) in [5.74, 6) is -0.204. The first kappa shape index (κ1) is 14.2. The van der Waals surface area contributed by atoms with Crippen molar-refractivity contribution in [2.24, 2.45) is 10.2 Å². The number of nitrogens with zero attached hydrogens (tertiary/aromatic N) is 2. The van der Waals surface area contributed by atoms with E-state index in [9.17, 15) is 10.2 Å². The number of nitrogens with two attached hydrogens (primary N) is 1. The van der Waals surface area contributed by atoms with Gasteiger partial charge in [-0.15, -0.1) is 10.2 Å². The minimum Gasteiger partial charge on any atom is -0.506 e. The van der Waals surface area contributed by atoms with Gasteiger partial charge in [0.1, 0.15) is 17.1 Å². The number of halogens is 1. The molecule has 0 aliphatic heterocycles. The van der Waals surface area contributed by atoms with E-state index < -0.39 is 0 Å². The van der Waals surface area contributed by atoms with E-state index in [0.29, 0.717) is 10.4 Å². The monoisotopic (exact) mass is 313 g/mol. The zero-order chi connectivity index (χ0) is 15.7. The van der Waals surface area contributed by atoms with Crippen LogP contribution in [0.25, 0.3) is 10.8 Å². The molecule has 4 N–H and O–H groups in total. The molecule has 0 heterocycles. The molecule has 0 aromatic heterocycles. The third kappa shape index (κ3) is 2.54. The number of nitrogen functional groups attached to an aromatic ring is 1. The average Bonchev–Trinajstić information content (AvgIpc) is 2.51. The lowest BCUT2D eigenvalue weighted by atomic mass is 10.1. The number of rotatable bonds is 2. The first-order chi connectivity index (χ1) is 10.6. The Bertz CT molecular complexity index is 894. The number of fused-ring (bicyclic) bond motifs is 1. The number of azo groups is 1. The van der Waals surface area contributed by atoms with Crippen LogP contribution in [0.1, 0.15) is 0 Å². The maximum absolute atomic E-state index is 10.1. The molecule has 0 amide bonds. The van der Waals surface area contributed by atoms with Gasteiger partial charge in [0.2, 0.25) is 0 Å². The second-order valence-electron chi connectivity index (χ2n) is 4.72. The molecule has 110 valence electrons. The lowest BCUT2D eigenvalue weighted by Crippen LogP contribution is -1.86. The highest BCUT2D eigenvalue weighted by Crippen LogP contribution is 2.41. The molecule has 0 saturated carbocycles. The molecule has 0 saturated heterocycles. The Kier molecular flexibility index (Phi) is 3.56. The molecule has 3 aromatic carbocycles. The maximum atomic E-state index is 10.1. The summed E-state index contributed by atoms with van der Waals surface area (Å²) in [6, 6.07) is 13.5. The number of phenolic OH excluding ortho intramolecular Hbond substituents is 2. The van der Waals surface area contributed by atoms with Crippen LogP contribution in [0.3, 0.4) is 0 Å². The molecule has 0 atom stereocenters. The van der Waals surface area contributed by atoms with Crippen molar-refractivity contribution in [3.05, 3.63) is 53.6 Å². The molecule has 0 spiro atoms. The molecule has 0 bridgehead atoms. The van der Waals surface area contributed by atoms with Gasteiger partial charge in [0.05, 0.1) is 5.69 Å². The van der Waals surface area contributed by atoms with Crippen molar-refractivity contribution in [1.29, 1.82) is 0 Å². The van der Waals surface area contributed by atoms with Gasteiger partial charge in [-0.3, -0.25) is 0 Å². The van der Waals surface area contributed by atoms with Crippen LogP contribution in [-0.4, -0.2) is 10.2 Å². The van der Waals surface area contributed by atoms with Crippen molar-refractivity contribution in [3.63, 3.8) is 0 Å². The lowest BCUT2D eigenvalue weighted by molar-refractivity contribution is 0.475. The van der Waals surface area contributed by atoms with Gasteiger partial charge in [-0.05, 0) is 29.7 Å². The van der Waals surface area contributed by atoms with Crippen molar-refractivity contribution < 1.29 is 10.2 Å². The summed E-state index contributed by atoms with van der Waals surface area (Å²) in [7, 11) is 0. The largest absolute Gasteiger partial charge is 0.506 e. The summed E-state index contributed by atoms with van der Waals surface area (Å²) >= 11 is 5.87. The van der Waals surface area contributed by atoms with Gasteiger partial charge in [0, 0.05) is 10.4 Å². The van der Waals surface area contributed by atoms with Crippen molar-refractivity contribution in [2.75, 3.05) is 5.73 Å². The van der Waals surface area contributed by atoms with Crippen LogP contribution in [0.5, 0.6) is 11.5 Å². The van der Waals surface area contributed by atoms with Crippen molar-refractivity contribution in [2.45, 2.75) is 0 Å². The molecule has 6 heteroatoms. The van der Waals surface area contributed by atoms with E-state index in [-0.39, 0.29) is 28.6 Å². The topological polar surface area (TPSA) is 91.2 Å². The zero-order valence-electron chi connectivity index (χ0n) is 11.4. The Morgan fingerprint density at radius 2 is 1.73 bits per heavy atom. The van der Waals surface area contributed by atoms with E-state index in [1.165, 1.54) is 12.1 Å². The zero-order valence-corrected chi connectivity index (χ0v) is 12.1. The normalized spacial score (nSPS) is 11.3. The number of phenols is 2. The van der Waals surface area contributed by atoms with Gasteiger partial charge in [-0.1, -0.05) is 35.9 Å². The van der Waals surface area contributed by atoms with Crippen LogP contribution in [0.2, 0.25) is 5.02 Å². The molecule has 0 radical (unpaired) electrons. The minimum absolute atomic E-state index is 0.0548. The third-order valence-corrected chi connectivity index (χ3v) is 3.45. The highest BCUT2D eigenvalue weighted by atomic mass is 35.5. The summed E-state index contributed by atoms with van der Waals surface area (Å²) in [6.45, 7) is 0. The van der Waals surface area contributed by atoms with Crippen LogP contribution in [0.15, 0.2) is 58.8 Å². The van der Waals surface area contributed by atoms with Crippen LogP contribution >= 0.6 is 11.6 Å². The van der Waals surface area contributed by atoms with E-state index in [2.05, 4.69) is 10.2 Å². The second kappa shape index (κ2) is 5.54. The number of anilines is 1. The molecular weight excluding hydrogens is 302 g/mol. The summed E-state index contributed by atoms with van der Waals surface area (Å²) in [4.78, 5) is 0. The second-order valence-corrected chi connectivity index (χ2v) is 5.15. The average molecular weight is 314 g/mol. The number of aromatic hydroxyl groups is 2. The Labute approximate surface area is 131 Å². The van der Waals surface area contributed by atoms with E-state index in [1.807, 2.05) is 18.2 Å². The third-order valence-electron chi connectivity index (χ3n) is 3.22. The van der Waals surface area contributed by atoms with Gasteiger partial charge in [0.25, 0.3) is 0 Å². The molecule has 0 unspecified atom stereocenters. The summed E-state index contributed by atoms with van der Waals surface area (Å²) in [5.41, 5.74) is 6.45. The number of benzene rings is 3. The minimum atomic E-state index is -0.149. The molecule has 5 nitrogen and oxygen atoms in total. The first-order valence-electron chi connectivity index (χ1n) is 6.46. The van der Waals surface area contributed by atoms with Crippen LogP contribution in [0, 0.1) is 0 Å². The SMILES string of the molecule is Nc1cc2ccccc2c(N=Nc2cc(Cl)ccc2O)c1O. The van der Waals surface area contributed by atoms with Gasteiger partial charge in [0.15, 0.2) is 5.75 Å². The molecule has 3 aromatic rings. The fraction of sp³-hybridized carbons (Fsp3) is 0. The summed E-state index contributed by atoms with van der Waals surface area (Å²) in [6.07, 6.45) is 0. The van der Waals surface area contributed by atoms with Gasteiger partial charge in [-0.2, -0.15) is 0 Å². The Hall–Kier alpha value is -2.79. The Morgan fingerprint density at radius 3 is 2.55 bits per heavy atom. The van der Waals surface area contributed by atoms with Crippen molar-refractivity contribution >= 4 is 39.4 Å². The standard InChI is InChI=1S/C16H12ClN3O2/c17-10-5-6-14(21)13(8-10)19-20-15-11-4-2-1-3-9(11)7-12(18)16(15)22/h1-8,21-22H,18H2. The van der Waals surface area contributed by atoms with Crippen LogP contribution in [-0.2, 0) is 0 Å². The smallest absolute Gasteiger partial charge is 0.167 e. The highest BCUT2D eigenvalue weighted by molar-refractivity contribution is 6.30. The Balaban J connectivity index is 2.16. The molecule has 22 heavy (non-hydrogen) atoms. The fourth-order valence-electron chi connectivity index (χ4n) is 2.12. The molecule has 0 aliphatic rings. The highest BCUT2D eigenvalue weighted by Gasteiger charge is 2.11. The van der Waals surface area contributed by atoms with E-state index in [1.54, 1.807) is 18.2 Å². The number of hydrogen-bond acceptors (Lipinski definition) is 5. The van der Waals surface area contributed by atoms with Gasteiger partial charge in [-0.25, -0.2) is 0 Å². The number of hydrogen-bond donors (Lipinski definition) is 3. The van der Waals surface area contributed by atoms with Gasteiger partial charge < -0.3 is 15.9 Å². The van der Waals surface area contributed by atoms with Crippen LogP contribution < -0.4 is 5.73 Å². The molecule has 3 rings (SSSR count). The van der Waals surface area contributed by atoms with Crippen molar-refractivity contribution in [3.8, 4) is 11.5 Å². The van der Waals surface area contributed by atoms with Crippen LogP contribution in [0.4, 0.5) is 17.1 Å². The van der Waals surface area contributed by atoms with E-state index in [0.717, 1.165) is 5.39 Å². The quantitative estimate of drug-likeness (QED) is 0.357. The molecular formula is C16H12ClN3O2. The summed E-state index contributed by atoms with van der Waals surface area (Å²) in [5, 5.41) is 29.9. The lowest BCUT2D eigenvalue weighted by Gasteiger charge is -2.07. The van der Waals surface area contributed by atoms with E-state index in [4.69, 9.17) is 17.3 Å². The Morgan fingerprint density at radius 1 is 0.955 bits per heavy atom.